The van der Waals surface area contributed by atoms with Crippen LogP contribution in [0.15, 0.2) is 41.9 Å². The van der Waals surface area contributed by atoms with E-state index in [0.29, 0.717) is 12.6 Å². The monoisotopic (exact) mass is 298 g/mol. The SMILES string of the molecule is CCNC(=NCc1cccc(Cn2cncn2)c1)NC1CC1. The Kier molecular flexibility index (Phi) is 4.68. The van der Waals surface area contributed by atoms with Crippen LogP contribution in [0.3, 0.4) is 0 Å². The number of guanidine groups is 1. The van der Waals surface area contributed by atoms with Gasteiger partial charge >= 0.3 is 0 Å². The van der Waals surface area contributed by atoms with Crippen LogP contribution in [0.25, 0.3) is 0 Å². The highest BCUT2D eigenvalue weighted by molar-refractivity contribution is 5.80. The zero-order valence-corrected chi connectivity index (χ0v) is 12.9. The van der Waals surface area contributed by atoms with E-state index in [0.717, 1.165) is 19.0 Å². The van der Waals surface area contributed by atoms with Gasteiger partial charge in [-0.25, -0.2) is 14.7 Å². The number of benzene rings is 1. The Hall–Kier alpha value is -2.37. The summed E-state index contributed by atoms with van der Waals surface area (Å²) in [5.74, 6) is 0.909. The van der Waals surface area contributed by atoms with E-state index < -0.39 is 0 Å². The molecule has 1 aliphatic carbocycles. The Bertz CT molecular complexity index is 615. The lowest BCUT2D eigenvalue weighted by Crippen LogP contribution is -2.38. The smallest absolute Gasteiger partial charge is 0.191 e. The van der Waals surface area contributed by atoms with E-state index in [1.54, 1.807) is 12.7 Å². The second-order valence-corrected chi connectivity index (χ2v) is 5.53. The first kappa shape index (κ1) is 14.6. The number of nitrogens with one attached hydrogen (secondary N) is 2. The third-order valence-corrected chi connectivity index (χ3v) is 3.48. The summed E-state index contributed by atoms with van der Waals surface area (Å²) in [7, 11) is 0. The van der Waals surface area contributed by atoms with Crippen molar-refractivity contribution in [1.82, 2.24) is 25.4 Å². The van der Waals surface area contributed by atoms with Gasteiger partial charge in [0.1, 0.15) is 12.7 Å². The van der Waals surface area contributed by atoms with Gasteiger partial charge in [-0.05, 0) is 30.9 Å². The Morgan fingerprint density at radius 1 is 1.36 bits per heavy atom. The van der Waals surface area contributed by atoms with Gasteiger partial charge < -0.3 is 10.6 Å². The highest BCUT2D eigenvalue weighted by Gasteiger charge is 2.21. The minimum atomic E-state index is 0.608. The lowest BCUT2D eigenvalue weighted by atomic mass is 10.1. The molecule has 0 saturated heterocycles. The first-order chi connectivity index (χ1) is 10.8. The van der Waals surface area contributed by atoms with Gasteiger partial charge in [0, 0.05) is 12.6 Å². The van der Waals surface area contributed by atoms with E-state index in [2.05, 4.69) is 56.9 Å². The number of hydrogen-bond acceptors (Lipinski definition) is 3. The van der Waals surface area contributed by atoms with Gasteiger partial charge in [0.05, 0.1) is 13.1 Å². The van der Waals surface area contributed by atoms with Crippen molar-refractivity contribution in [1.29, 1.82) is 0 Å². The first-order valence-corrected chi connectivity index (χ1v) is 7.78. The fourth-order valence-electron chi connectivity index (χ4n) is 2.24. The van der Waals surface area contributed by atoms with Crippen LogP contribution in [0.2, 0.25) is 0 Å². The Morgan fingerprint density at radius 3 is 2.95 bits per heavy atom. The van der Waals surface area contributed by atoms with Crippen molar-refractivity contribution < 1.29 is 0 Å². The molecule has 1 fully saturated rings. The van der Waals surface area contributed by atoms with Gasteiger partial charge in [-0.2, -0.15) is 5.10 Å². The second-order valence-electron chi connectivity index (χ2n) is 5.53. The molecule has 0 atom stereocenters. The third-order valence-electron chi connectivity index (χ3n) is 3.48. The number of hydrogen-bond donors (Lipinski definition) is 2. The van der Waals surface area contributed by atoms with Gasteiger partial charge in [0.15, 0.2) is 5.96 Å². The van der Waals surface area contributed by atoms with Crippen LogP contribution < -0.4 is 10.6 Å². The van der Waals surface area contributed by atoms with Crippen molar-refractivity contribution in [2.24, 2.45) is 4.99 Å². The molecular weight excluding hydrogens is 276 g/mol. The van der Waals surface area contributed by atoms with Crippen LogP contribution in [-0.2, 0) is 13.1 Å². The van der Waals surface area contributed by atoms with Crippen molar-refractivity contribution >= 4 is 5.96 Å². The van der Waals surface area contributed by atoms with Crippen LogP contribution in [0.5, 0.6) is 0 Å². The van der Waals surface area contributed by atoms with Crippen LogP contribution in [-0.4, -0.2) is 33.3 Å². The van der Waals surface area contributed by atoms with Crippen LogP contribution in [0.4, 0.5) is 0 Å². The quantitative estimate of drug-likeness (QED) is 0.627. The number of aromatic nitrogens is 3. The summed E-state index contributed by atoms with van der Waals surface area (Å²) in [6.45, 7) is 4.37. The molecule has 0 bridgehead atoms. The fraction of sp³-hybridized carbons (Fsp3) is 0.438. The summed E-state index contributed by atoms with van der Waals surface area (Å²) in [6, 6.07) is 9.05. The normalized spacial score (nSPS) is 14.9. The van der Waals surface area contributed by atoms with Crippen LogP contribution >= 0.6 is 0 Å². The van der Waals surface area contributed by atoms with Gasteiger partial charge in [0.25, 0.3) is 0 Å². The molecule has 3 rings (SSSR count). The predicted octanol–water partition coefficient (Wildman–Crippen LogP) is 1.54. The largest absolute Gasteiger partial charge is 0.357 e. The molecule has 1 saturated carbocycles. The molecule has 116 valence electrons. The summed E-state index contributed by atoms with van der Waals surface area (Å²) in [6.07, 6.45) is 5.78. The van der Waals surface area contributed by atoms with E-state index in [-0.39, 0.29) is 0 Å². The average Bonchev–Trinajstić information content (AvgIpc) is 3.19. The van der Waals surface area contributed by atoms with E-state index in [4.69, 9.17) is 0 Å². The Balaban J connectivity index is 1.63. The molecule has 2 aromatic rings. The lowest BCUT2D eigenvalue weighted by molar-refractivity contribution is 0.684. The molecular formula is C16H22N6. The summed E-state index contributed by atoms with van der Waals surface area (Å²) in [5.41, 5.74) is 2.41. The van der Waals surface area contributed by atoms with Crippen molar-refractivity contribution in [2.75, 3.05) is 6.54 Å². The first-order valence-electron chi connectivity index (χ1n) is 7.78. The maximum atomic E-state index is 4.66. The molecule has 6 nitrogen and oxygen atoms in total. The zero-order chi connectivity index (χ0) is 15.2. The maximum Gasteiger partial charge on any atom is 0.191 e. The van der Waals surface area contributed by atoms with Crippen LogP contribution in [0, 0.1) is 0 Å². The molecule has 0 radical (unpaired) electrons. The van der Waals surface area contributed by atoms with Gasteiger partial charge in [0.2, 0.25) is 0 Å². The molecule has 0 amide bonds. The lowest BCUT2D eigenvalue weighted by Gasteiger charge is -2.10. The maximum absolute atomic E-state index is 4.66. The molecule has 1 aliphatic rings. The standard InChI is InChI=1S/C16H22N6/c1-2-18-16(21-15-6-7-15)19-9-13-4-3-5-14(8-13)10-22-12-17-11-20-22/h3-5,8,11-12,15H,2,6-7,9-10H2,1H3,(H2,18,19,21). The van der Waals surface area contributed by atoms with Gasteiger partial charge in [-0.1, -0.05) is 24.3 Å². The number of nitrogens with zero attached hydrogens (tertiary/aromatic N) is 4. The number of rotatable bonds is 6. The summed E-state index contributed by atoms with van der Waals surface area (Å²) >= 11 is 0. The van der Waals surface area contributed by atoms with E-state index in [9.17, 15) is 0 Å². The molecule has 0 unspecified atom stereocenters. The molecule has 0 spiro atoms. The van der Waals surface area contributed by atoms with E-state index in [1.807, 2.05) is 4.68 Å². The van der Waals surface area contributed by atoms with Gasteiger partial charge in [-0.15, -0.1) is 0 Å². The fourth-order valence-corrected chi connectivity index (χ4v) is 2.24. The zero-order valence-electron chi connectivity index (χ0n) is 12.9. The molecule has 1 aromatic carbocycles. The van der Waals surface area contributed by atoms with Crippen molar-refractivity contribution in [3.63, 3.8) is 0 Å². The molecule has 2 N–H and O–H groups in total. The molecule has 0 aliphatic heterocycles. The minimum absolute atomic E-state index is 0.608. The summed E-state index contributed by atoms with van der Waals surface area (Å²) in [4.78, 5) is 8.63. The van der Waals surface area contributed by atoms with Gasteiger partial charge in [-0.3, -0.25) is 0 Å². The molecule has 22 heavy (non-hydrogen) atoms. The third kappa shape index (κ3) is 4.31. The predicted molar refractivity (Wildman–Crippen MR) is 86.5 cm³/mol. The summed E-state index contributed by atoms with van der Waals surface area (Å²) in [5, 5.41) is 10.9. The topological polar surface area (TPSA) is 67.1 Å². The Labute approximate surface area is 130 Å². The summed E-state index contributed by atoms with van der Waals surface area (Å²) < 4.78 is 1.82. The molecule has 6 heteroatoms. The van der Waals surface area contributed by atoms with Crippen molar-refractivity contribution in [3.05, 3.63) is 48.0 Å². The average molecular weight is 298 g/mol. The molecule has 1 aromatic heterocycles. The Morgan fingerprint density at radius 2 is 2.23 bits per heavy atom. The van der Waals surface area contributed by atoms with Crippen LogP contribution in [0.1, 0.15) is 30.9 Å². The van der Waals surface area contributed by atoms with Crippen molar-refractivity contribution in [3.8, 4) is 0 Å². The van der Waals surface area contributed by atoms with Crippen molar-refractivity contribution in [2.45, 2.75) is 38.9 Å². The second kappa shape index (κ2) is 7.06. The van der Waals surface area contributed by atoms with E-state index >= 15 is 0 Å². The highest BCUT2D eigenvalue weighted by Crippen LogP contribution is 2.18. The minimum Gasteiger partial charge on any atom is -0.357 e. The van der Waals surface area contributed by atoms with E-state index in [1.165, 1.54) is 24.0 Å². The highest BCUT2D eigenvalue weighted by atomic mass is 15.3. The number of aliphatic imine (C=N–C) groups is 1. The molecule has 1 heterocycles.